The molecule has 0 saturated heterocycles. The van der Waals surface area contributed by atoms with Gasteiger partial charge >= 0.3 is 5.76 Å². The zero-order chi connectivity index (χ0) is 14.0. The number of carbonyl (C=O) groups is 1. The van der Waals surface area contributed by atoms with Crippen molar-refractivity contribution in [3.05, 3.63) is 34.3 Å². The average molecular weight is 263 g/mol. The molecule has 0 spiro atoms. The third-order valence-electron chi connectivity index (χ3n) is 3.06. The summed E-state index contributed by atoms with van der Waals surface area (Å²) in [5.41, 5.74) is 7.57. The first-order chi connectivity index (χ1) is 9.02. The van der Waals surface area contributed by atoms with E-state index in [9.17, 15) is 9.59 Å². The van der Waals surface area contributed by atoms with Crippen molar-refractivity contribution in [3.63, 3.8) is 0 Å². The number of hydrogen-bond acceptors (Lipinski definition) is 4. The molecule has 0 radical (unpaired) electrons. The van der Waals surface area contributed by atoms with Gasteiger partial charge in [0.1, 0.15) is 0 Å². The first-order valence-electron chi connectivity index (χ1n) is 6.05. The molecule has 0 saturated carbocycles. The van der Waals surface area contributed by atoms with Gasteiger partial charge in [0.05, 0.1) is 5.52 Å². The molecule has 1 aromatic carbocycles. The zero-order valence-electron chi connectivity index (χ0n) is 11.0. The fraction of sp³-hybridized carbons (Fsp3) is 0.385. The average Bonchev–Trinajstić information content (AvgIpc) is 2.66. The van der Waals surface area contributed by atoms with Crippen LogP contribution in [-0.4, -0.2) is 29.0 Å². The summed E-state index contributed by atoms with van der Waals surface area (Å²) >= 11 is 0. The Balaban J connectivity index is 2.24. The number of oxazole rings is 1. The van der Waals surface area contributed by atoms with E-state index in [0.717, 1.165) is 11.1 Å². The van der Waals surface area contributed by atoms with Crippen molar-refractivity contribution >= 4 is 17.0 Å². The molecule has 0 fully saturated rings. The lowest BCUT2D eigenvalue weighted by molar-refractivity contribution is -0.130. The topological polar surface area (TPSA) is 81.5 Å². The fourth-order valence-corrected chi connectivity index (χ4v) is 1.95. The Labute approximate surface area is 110 Å². The highest BCUT2D eigenvalue weighted by Crippen LogP contribution is 2.15. The summed E-state index contributed by atoms with van der Waals surface area (Å²) < 4.78 is 6.50. The van der Waals surface area contributed by atoms with Gasteiger partial charge in [-0.1, -0.05) is 6.07 Å². The molecule has 6 heteroatoms. The zero-order valence-corrected chi connectivity index (χ0v) is 11.0. The predicted molar refractivity (Wildman–Crippen MR) is 71.6 cm³/mol. The van der Waals surface area contributed by atoms with E-state index in [1.165, 1.54) is 4.57 Å². The Morgan fingerprint density at radius 1 is 1.47 bits per heavy atom. The van der Waals surface area contributed by atoms with Crippen LogP contribution < -0.4 is 11.5 Å². The first-order valence-corrected chi connectivity index (χ1v) is 6.05. The van der Waals surface area contributed by atoms with Gasteiger partial charge in [0, 0.05) is 33.6 Å². The number of hydrogen-bond donors (Lipinski definition) is 1. The SMILES string of the molecule is CN(Cc1ccc2oc(=O)n(C)c2c1)C(=O)CCN. The monoisotopic (exact) mass is 263 g/mol. The van der Waals surface area contributed by atoms with E-state index in [1.54, 1.807) is 25.1 Å². The molecule has 0 unspecified atom stereocenters. The Bertz CT molecular complexity index is 657. The molecular formula is C13H17N3O3. The van der Waals surface area contributed by atoms with Crippen LogP contribution in [-0.2, 0) is 18.4 Å². The van der Waals surface area contributed by atoms with Crippen molar-refractivity contribution in [2.75, 3.05) is 13.6 Å². The van der Waals surface area contributed by atoms with E-state index in [1.807, 2.05) is 12.1 Å². The smallest absolute Gasteiger partial charge is 0.408 e. The Morgan fingerprint density at radius 3 is 2.89 bits per heavy atom. The highest BCUT2D eigenvalue weighted by Gasteiger charge is 2.10. The summed E-state index contributed by atoms with van der Waals surface area (Å²) in [5, 5.41) is 0. The van der Waals surface area contributed by atoms with E-state index >= 15 is 0 Å². The van der Waals surface area contributed by atoms with Crippen LogP contribution in [0.5, 0.6) is 0 Å². The quantitative estimate of drug-likeness (QED) is 0.867. The molecule has 2 aromatic rings. The number of nitrogens with zero attached hydrogens (tertiary/aromatic N) is 2. The minimum absolute atomic E-state index is 0.00341. The fourth-order valence-electron chi connectivity index (χ4n) is 1.95. The molecule has 2 rings (SSSR count). The number of amides is 1. The lowest BCUT2D eigenvalue weighted by atomic mass is 10.2. The second-order valence-corrected chi connectivity index (χ2v) is 4.52. The van der Waals surface area contributed by atoms with Gasteiger partial charge in [-0.2, -0.15) is 0 Å². The van der Waals surface area contributed by atoms with Crippen LogP contribution in [0.3, 0.4) is 0 Å². The number of nitrogens with two attached hydrogens (primary N) is 1. The Morgan fingerprint density at radius 2 is 2.21 bits per heavy atom. The molecule has 102 valence electrons. The van der Waals surface area contributed by atoms with Gasteiger partial charge in [0.15, 0.2) is 5.58 Å². The van der Waals surface area contributed by atoms with Gasteiger partial charge < -0.3 is 15.1 Å². The van der Waals surface area contributed by atoms with Crippen molar-refractivity contribution in [2.45, 2.75) is 13.0 Å². The van der Waals surface area contributed by atoms with E-state index in [-0.39, 0.29) is 11.7 Å². The summed E-state index contributed by atoms with van der Waals surface area (Å²) in [6.07, 6.45) is 0.336. The number of carbonyl (C=O) groups excluding carboxylic acids is 1. The van der Waals surface area contributed by atoms with E-state index in [4.69, 9.17) is 10.2 Å². The van der Waals surface area contributed by atoms with Crippen LogP contribution in [0.2, 0.25) is 0 Å². The summed E-state index contributed by atoms with van der Waals surface area (Å²) in [4.78, 5) is 24.7. The van der Waals surface area contributed by atoms with Crippen molar-refractivity contribution in [3.8, 4) is 0 Å². The van der Waals surface area contributed by atoms with Gasteiger partial charge in [-0.25, -0.2) is 4.79 Å². The molecule has 19 heavy (non-hydrogen) atoms. The second kappa shape index (κ2) is 5.27. The number of aryl methyl sites for hydroxylation is 1. The van der Waals surface area contributed by atoms with Crippen LogP contribution in [0.15, 0.2) is 27.4 Å². The summed E-state index contributed by atoms with van der Waals surface area (Å²) in [6, 6.07) is 5.44. The normalized spacial score (nSPS) is 10.9. The van der Waals surface area contributed by atoms with Crippen molar-refractivity contribution < 1.29 is 9.21 Å². The van der Waals surface area contributed by atoms with E-state index in [2.05, 4.69) is 0 Å². The maximum absolute atomic E-state index is 11.7. The first kappa shape index (κ1) is 13.4. The standard InChI is InChI=1S/C13H17N3O3/c1-15(12(17)5-6-14)8-9-3-4-11-10(7-9)16(2)13(18)19-11/h3-4,7H,5-6,8,14H2,1-2H3. The Kier molecular flexibility index (Phi) is 3.71. The number of aromatic nitrogens is 1. The molecule has 0 aliphatic heterocycles. The largest absolute Gasteiger partial charge is 0.419 e. The molecule has 1 amide bonds. The lowest BCUT2D eigenvalue weighted by Gasteiger charge is -2.16. The summed E-state index contributed by atoms with van der Waals surface area (Å²) in [5.74, 6) is -0.386. The Hall–Kier alpha value is -2.08. The van der Waals surface area contributed by atoms with Gasteiger partial charge in [-0.15, -0.1) is 0 Å². The maximum Gasteiger partial charge on any atom is 0.419 e. The summed E-state index contributed by atoms with van der Waals surface area (Å²) in [6.45, 7) is 0.826. The highest BCUT2D eigenvalue weighted by atomic mass is 16.4. The van der Waals surface area contributed by atoms with Gasteiger partial charge in [0.2, 0.25) is 5.91 Å². The molecular weight excluding hydrogens is 246 g/mol. The van der Waals surface area contributed by atoms with Crippen LogP contribution in [0.1, 0.15) is 12.0 Å². The number of rotatable bonds is 4. The van der Waals surface area contributed by atoms with Gasteiger partial charge in [0.25, 0.3) is 0 Å². The molecule has 0 atom stereocenters. The van der Waals surface area contributed by atoms with Gasteiger partial charge in [-0.3, -0.25) is 9.36 Å². The third kappa shape index (κ3) is 2.68. The molecule has 0 aliphatic carbocycles. The predicted octanol–water partition coefficient (Wildman–Crippen LogP) is 0.439. The molecule has 2 N–H and O–H groups in total. The third-order valence-corrected chi connectivity index (χ3v) is 3.06. The minimum atomic E-state index is -0.389. The maximum atomic E-state index is 11.7. The lowest BCUT2D eigenvalue weighted by Crippen LogP contribution is -2.27. The molecule has 0 aliphatic rings. The number of benzene rings is 1. The van der Waals surface area contributed by atoms with E-state index < -0.39 is 0 Å². The molecule has 6 nitrogen and oxygen atoms in total. The second-order valence-electron chi connectivity index (χ2n) is 4.52. The van der Waals surface area contributed by atoms with Crippen LogP contribution in [0.4, 0.5) is 0 Å². The molecule has 1 heterocycles. The van der Waals surface area contributed by atoms with Crippen molar-refractivity contribution in [1.82, 2.24) is 9.47 Å². The minimum Gasteiger partial charge on any atom is -0.408 e. The van der Waals surface area contributed by atoms with E-state index in [0.29, 0.717) is 25.1 Å². The number of fused-ring (bicyclic) bond motifs is 1. The van der Waals surface area contributed by atoms with Crippen molar-refractivity contribution in [1.29, 1.82) is 0 Å². The van der Waals surface area contributed by atoms with Crippen LogP contribution in [0, 0.1) is 0 Å². The van der Waals surface area contributed by atoms with Crippen LogP contribution >= 0.6 is 0 Å². The molecule has 0 bridgehead atoms. The summed E-state index contributed by atoms with van der Waals surface area (Å²) in [7, 11) is 3.39. The van der Waals surface area contributed by atoms with Crippen molar-refractivity contribution in [2.24, 2.45) is 12.8 Å². The highest BCUT2D eigenvalue weighted by molar-refractivity contribution is 5.77. The molecule has 1 aromatic heterocycles. The van der Waals surface area contributed by atoms with Crippen LogP contribution in [0.25, 0.3) is 11.1 Å². The van der Waals surface area contributed by atoms with Gasteiger partial charge in [-0.05, 0) is 17.7 Å².